The first-order valence-electron chi connectivity index (χ1n) is 7.23. The summed E-state index contributed by atoms with van der Waals surface area (Å²) in [5.41, 5.74) is 6.54. The summed E-state index contributed by atoms with van der Waals surface area (Å²) < 4.78 is 7.70. The molecule has 1 aliphatic heterocycles. The van der Waals surface area contributed by atoms with E-state index in [0.29, 0.717) is 12.6 Å². The minimum absolute atomic E-state index is 0.363. The summed E-state index contributed by atoms with van der Waals surface area (Å²) in [6, 6.07) is 2.01. The summed E-state index contributed by atoms with van der Waals surface area (Å²) in [5, 5.41) is 4.25. The second-order valence-electron chi connectivity index (χ2n) is 5.11. The Bertz CT molecular complexity index is 547. The number of fused-ring (bicyclic) bond motifs is 1. The molecule has 0 amide bonds. The van der Waals surface area contributed by atoms with Crippen LogP contribution in [0, 0.1) is 0 Å². The molecular weight excluding hydrogens is 254 g/mol. The van der Waals surface area contributed by atoms with Gasteiger partial charge in [-0.3, -0.25) is 0 Å². The first-order valence-corrected chi connectivity index (χ1v) is 7.23. The highest BCUT2D eigenvalue weighted by atomic mass is 16.5. The van der Waals surface area contributed by atoms with Crippen molar-refractivity contribution >= 4 is 11.3 Å². The van der Waals surface area contributed by atoms with Gasteiger partial charge in [0, 0.05) is 32.1 Å². The summed E-state index contributed by atoms with van der Waals surface area (Å²) in [6.45, 7) is 3.43. The lowest BCUT2D eigenvalue weighted by Crippen LogP contribution is -2.38. The smallest absolute Gasteiger partial charge is 0.154 e. The predicted octanol–water partition coefficient (Wildman–Crippen LogP) is 1.06. The van der Waals surface area contributed by atoms with Gasteiger partial charge in [0.25, 0.3) is 0 Å². The minimum atomic E-state index is 0.363. The Labute approximate surface area is 118 Å². The Kier molecular flexibility index (Phi) is 4.13. The minimum Gasteiger partial charge on any atom is -0.378 e. The Morgan fingerprint density at radius 1 is 1.30 bits per heavy atom. The third-order valence-electron chi connectivity index (χ3n) is 3.75. The quantitative estimate of drug-likeness (QED) is 0.826. The third-order valence-corrected chi connectivity index (χ3v) is 3.75. The van der Waals surface area contributed by atoms with E-state index in [-0.39, 0.29) is 0 Å². The van der Waals surface area contributed by atoms with Crippen molar-refractivity contribution in [1.82, 2.24) is 14.6 Å². The van der Waals surface area contributed by atoms with Crippen molar-refractivity contribution in [3.05, 3.63) is 24.7 Å². The van der Waals surface area contributed by atoms with Crippen molar-refractivity contribution in [2.45, 2.75) is 25.4 Å². The fourth-order valence-corrected chi connectivity index (χ4v) is 2.65. The summed E-state index contributed by atoms with van der Waals surface area (Å²) >= 11 is 0. The van der Waals surface area contributed by atoms with Crippen molar-refractivity contribution in [2.24, 2.45) is 5.73 Å². The maximum Gasteiger partial charge on any atom is 0.154 e. The second-order valence-corrected chi connectivity index (χ2v) is 5.11. The molecule has 0 saturated carbocycles. The van der Waals surface area contributed by atoms with Crippen molar-refractivity contribution in [1.29, 1.82) is 0 Å². The van der Waals surface area contributed by atoms with Gasteiger partial charge in [0.15, 0.2) is 5.82 Å². The zero-order valence-electron chi connectivity index (χ0n) is 11.6. The number of anilines is 1. The van der Waals surface area contributed by atoms with Gasteiger partial charge in [-0.1, -0.05) is 0 Å². The lowest BCUT2D eigenvalue weighted by Gasteiger charge is -2.32. The summed E-state index contributed by atoms with van der Waals surface area (Å²) in [4.78, 5) is 6.83. The first-order chi connectivity index (χ1) is 9.88. The fourth-order valence-electron chi connectivity index (χ4n) is 2.65. The standard InChI is InChI=1S/C14H21N5O/c15-5-1-11-20-12-3-8-18(9-4-12)14-13-2-6-17-19(13)10-7-16-14/h2,6-7,10,12H,1,3-5,8-9,11,15H2. The molecule has 1 fully saturated rings. The number of nitrogens with zero attached hydrogens (tertiary/aromatic N) is 4. The molecule has 0 aliphatic carbocycles. The van der Waals surface area contributed by atoms with Gasteiger partial charge in [-0.2, -0.15) is 5.10 Å². The van der Waals surface area contributed by atoms with E-state index in [1.165, 1.54) is 0 Å². The van der Waals surface area contributed by atoms with E-state index in [0.717, 1.165) is 50.3 Å². The predicted molar refractivity (Wildman–Crippen MR) is 77.8 cm³/mol. The van der Waals surface area contributed by atoms with Crippen LogP contribution in [0.25, 0.3) is 5.52 Å². The van der Waals surface area contributed by atoms with Crippen molar-refractivity contribution in [3.63, 3.8) is 0 Å². The van der Waals surface area contributed by atoms with Gasteiger partial charge in [-0.25, -0.2) is 9.50 Å². The molecule has 108 valence electrons. The Morgan fingerprint density at radius 3 is 2.95 bits per heavy atom. The summed E-state index contributed by atoms with van der Waals surface area (Å²) in [7, 11) is 0. The number of hydrogen-bond donors (Lipinski definition) is 1. The lowest BCUT2D eigenvalue weighted by molar-refractivity contribution is 0.0366. The van der Waals surface area contributed by atoms with Crippen LogP contribution in [0.2, 0.25) is 0 Å². The van der Waals surface area contributed by atoms with E-state index in [4.69, 9.17) is 10.5 Å². The molecule has 20 heavy (non-hydrogen) atoms. The highest BCUT2D eigenvalue weighted by molar-refractivity contribution is 5.68. The number of hydrogen-bond acceptors (Lipinski definition) is 5. The van der Waals surface area contributed by atoms with Gasteiger partial charge in [0.1, 0.15) is 5.52 Å². The van der Waals surface area contributed by atoms with Crippen molar-refractivity contribution in [2.75, 3.05) is 31.1 Å². The number of aromatic nitrogens is 3. The first kappa shape index (κ1) is 13.3. The van der Waals surface area contributed by atoms with Crippen LogP contribution in [0.5, 0.6) is 0 Å². The topological polar surface area (TPSA) is 68.7 Å². The molecule has 0 unspecified atom stereocenters. The van der Waals surface area contributed by atoms with Crippen LogP contribution in [0.4, 0.5) is 5.82 Å². The molecule has 6 nitrogen and oxygen atoms in total. The van der Waals surface area contributed by atoms with Crippen LogP contribution in [-0.2, 0) is 4.74 Å². The molecule has 0 atom stereocenters. The third kappa shape index (κ3) is 2.76. The normalized spacial score (nSPS) is 16.9. The van der Waals surface area contributed by atoms with E-state index in [9.17, 15) is 0 Å². The molecule has 0 radical (unpaired) electrons. The molecule has 6 heteroatoms. The Hall–Kier alpha value is -1.66. The number of rotatable bonds is 5. The maximum atomic E-state index is 5.84. The van der Waals surface area contributed by atoms with Crippen LogP contribution in [0.15, 0.2) is 24.7 Å². The van der Waals surface area contributed by atoms with Crippen LogP contribution in [0.3, 0.4) is 0 Å². The number of ether oxygens (including phenoxy) is 1. The van der Waals surface area contributed by atoms with E-state index in [1.807, 2.05) is 23.0 Å². The molecule has 1 saturated heterocycles. The largest absolute Gasteiger partial charge is 0.378 e. The van der Waals surface area contributed by atoms with Crippen LogP contribution in [-0.4, -0.2) is 46.9 Å². The number of piperidine rings is 1. The monoisotopic (exact) mass is 275 g/mol. The molecule has 0 aromatic carbocycles. The van der Waals surface area contributed by atoms with Crippen LogP contribution in [0.1, 0.15) is 19.3 Å². The van der Waals surface area contributed by atoms with Gasteiger partial charge in [0.2, 0.25) is 0 Å². The zero-order chi connectivity index (χ0) is 13.8. The maximum absolute atomic E-state index is 5.84. The average Bonchev–Trinajstić information content (AvgIpc) is 2.97. The van der Waals surface area contributed by atoms with E-state index in [1.54, 1.807) is 6.20 Å². The van der Waals surface area contributed by atoms with E-state index >= 15 is 0 Å². The summed E-state index contributed by atoms with van der Waals surface area (Å²) in [5.74, 6) is 1.02. The fraction of sp³-hybridized carbons (Fsp3) is 0.571. The molecule has 2 aromatic heterocycles. The highest BCUT2D eigenvalue weighted by Gasteiger charge is 2.21. The highest BCUT2D eigenvalue weighted by Crippen LogP contribution is 2.23. The molecule has 1 aliphatic rings. The molecule has 3 rings (SSSR count). The van der Waals surface area contributed by atoms with Gasteiger partial charge >= 0.3 is 0 Å². The second kappa shape index (κ2) is 6.19. The van der Waals surface area contributed by atoms with Gasteiger partial charge in [-0.05, 0) is 31.9 Å². The molecule has 2 N–H and O–H groups in total. The molecule has 0 spiro atoms. The Morgan fingerprint density at radius 2 is 2.15 bits per heavy atom. The van der Waals surface area contributed by atoms with Gasteiger partial charge < -0.3 is 15.4 Å². The zero-order valence-corrected chi connectivity index (χ0v) is 11.6. The van der Waals surface area contributed by atoms with Gasteiger partial charge in [-0.15, -0.1) is 0 Å². The average molecular weight is 275 g/mol. The van der Waals surface area contributed by atoms with Crippen LogP contribution >= 0.6 is 0 Å². The van der Waals surface area contributed by atoms with Crippen molar-refractivity contribution in [3.8, 4) is 0 Å². The van der Waals surface area contributed by atoms with Gasteiger partial charge in [0.05, 0.1) is 12.3 Å². The van der Waals surface area contributed by atoms with Crippen molar-refractivity contribution < 1.29 is 4.74 Å². The molecule has 2 aromatic rings. The summed E-state index contributed by atoms with van der Waals surface area (Å²) in [6.07, 6.45) is 8.88. The van der Waals surface area contributed by atoms with E-state index in [2.05, 4.69) is 15.0 Å². The lowest BCUT2D eigenvalue weighted by atomic mass is 10.1. The van der Waals surface area contributed by atoms with Crippen LogP contribution < -0.4 is 10.6 Å². The molecular formula is C14H21N5O. The number of nitrogens with two attached hydrogens (primary N) is 1. The van der Waals surface area contributed by atoms with E-state index < -0.39 is 0 Å². The Balaban J connectivity index is 1.62. The molecule has 0 bridgehead atoms. The molecule has 3 heterocycles. The SMILES string of the molecule is NCCCOC1CCN(c2nccn3nccc23)CC1.